The van der Waals surface area contributed by atoms with Crippen LogP contribution in [0.15, 0.2) is 12.2 Å². The molecule has 0 amide bonds. The molecule has 0 bridgehead atoms. The molecule has 0 saturated carbocycles. The Morgan fingerprint density at radius 3 is 2.24 bits per heavy atom. The predicted molar refractivity (Wildman–Crippen MR) is 61.1 cm³/mol. The van der Waals surface area contributed by atoms with Crippen LogP contribution in [0.4, 0.5) is 13.2 Å². The second-order valence-electron chi connectivity index (χ2n) is 4.05. The lowest BCUT2D eigenvalue weighted by atomic mass is 10.00. The third-order valence-electron chi connectivity index (χ3n) is 2.16. The van der Waals surface area contributed by atoms with Gasteiger partial charge >= 0.3 is 6.18 Å². The number of hydrogen-bond donors (Lipinski definition) is 2. The molecule has 0 aromatic rings. The Hall–Kier alpha value is -0.880. The molecule has 0 rings (SSSR count). The number of rotatable bonds is 6. The molecule has 0 radical (unpaired) electrons. The van der Waals surface area contributed by atoms with Crippen LogP contribution in [0, 0.1) is 11.3 Å². The number of allylic oxidation sites excluding steroid dienone is 1. The summed E-state index contributed by atoms with van der Waals surface area (Å²) in [4.78, 5) is 0. The van der Waals surface area contributed by atoms with Gasteiger partial charge in [0, 0.05) is 17.7 Å². The van der Waals surface area contributed by atoms with Gasteiger partial charge in [0.15, 0.2) is 0 Å². The van der Waals surface area contributed by atoms with Crippen molar-refractivity contribution in [1.82, 2.24) is 0 Å². The van der Waals surface area contributed by atoms with Crippen molar-refractivity contribution in [3.63, 3.8) is 0 Å². The summed E-state index contributed by atoms with van der Waals surface area (Å²) < 4.78 is 40.1. The summed E-state index contributed by atoms with van der Waals surface area (Å²) in [6.45, 7) is 3.71. The van der Waals surface area contributed by atoms with E-state index in [-0.39, 0.29) is 12.0 Å². The Kier molecular flexibility index (Phi) is 6.41. The zero-order valence-corrected chi connectivity index (χ0v) is 10.2. The Balaban J connectivity index is 4.11. The van der Waals surface area contributed by atoms with Crippen LogP contribution in [0.25, 0.3) is 0 Å². The summed E-state index contributed by atoms with van der Waals surface area (Å²) in [5.74, 6) is -0.202. The lowest BCUT2D eigenvalue weighted by Gasteiger charge is -2.14. The molecule has 0 aliphatic heterocycles. The lowest BCUT2D eigenvalue weighted by Crippen LogP contribution is -2.30. The second kappa shape index (κ2) is 6.76. The summed E-state index contributed by atoms with van der Waals surface area (Å²) in [5, 5.41) is 7.60. The first-order chi connectivity index (χ1) is 7.63. The van der Waals surface area contributed by atoms with E-state index in [4.69, 9.17) is 11.1 Å². The van der Waals surface area contributed by atoms with Gasteiger partial charge in [0.05, 0.1) is 6.10 Å². The maximum Gasteiger partial charge on any atom is 0.411 e. The molecular formula is C11H19F3N2O. The second-order valence-corrected chi connectivity index (χ2v) is 4.05. The first-order valence-corrected chi connectivity index (χ1v) is 5.34. The maximum atomic E-state index is 11.8. The van der Waals surface area contributed by atoms with E-state index < -0.39 is 18.9 Å². The SMILES string of the molecule is CC(C=CC(C)C(=N)C(C)N)OCC(F)(F)F. The maximum absolute atomic E-state index is 11.8. The van der Waals surface area contributed by atoms with Gasteiger partial charge in [0.1, 0.15) is 6.61 Å². The average Bonchev–Trinajstić information content (AvgIpc) is 2.20. The van der Waals surface area contributed by atoms with Gasteiger partial charge in [-0.3, -0.25) is 0 Å². The number of ether oxygens (including phenoxy) is 1. The van der Waals surface area contributed by atoms with E-state index in [9.17, 15) is 13.2 Å². The van der Waals surface area contributed by atoms with Crippen LogP contribution >= 0.6 is 0 Å². The highest BCUT2D eigenvalue weighted by Gasteiger charge is 2.28. The van der Waals surface area contributed by atoms with Crippen LogP contribution in [0.1, 0.15) is 20.8 Å². The Morgan fingerprint density at radius 2 is 1.82 bits per heavy atom. The lowest BCUT2D eigenvalue weighted by molar-refractivity contribution is -0.179. The molecule has 0 aromatic heterocycles. The van der Waals surface area contributed by atoms with Crippen molar-refractivity contribution >= 4 is 5.71 Å². The van der Waals surface area contributed by atoms with Gasteiger partial charge in [0.2, 0.25) is 0 Å². The summed E-state index contributed by atoms with van der Waals surface area (Å²) in [6, 6.07) is -0.360. The molecule has 0 spiro atoms. The van der Waals surface area contributed by atoms with Gasteiger partial charge in [0.25, 0.3) is 0 Å². The zero-order valence-electron chi connectivity index (χ0n) is 10.2. The van der Waals surface area contributed by atoms with E-state index >= 15 is 0 Å². The molecule has 0 fully saturated rings. The summed E-state index contributed by atoms with van der Waals surface area (Å²) in [7, 11) is 0. The van der Waals surface area contributed by atoms with E-state index in [0.717, 1.165) is 0 Å². The first kappa shape index (κ1) is 16.1. The van der Waals surface area contributed by atoms with Gasteiger partial charge < -0.3 is 15.9 Å². The molecular weight excluding hydrogens is 233 g/mol. The Morgan fingerprint density at radius 1 is 1.29 bits per heavy atom. The van der Waals surface area contributed by atoms with Crippen LogP contribution in [-0.2, 0) is 4.74 Å². The number of nitrogens with one attached hydrogen (secondary N) is 1. The topological polar surface area (TPSA) is 59.1 Å². The summed E-state index contributed by atoms with van der Waals surface area (Å²) in [5.41, 5.74) is 5.86. The minimum absolute atomic E-state index is 0.202. The number of hydrogen-bond acceptors (Lipinski definition) is 3. The van der Waals surface area contributed by atoms with Crippen molar-refractivity contribution in [3.8, 4) is 0 Å². The fourth-order valence-electron chi connectivity index (χ4n) is 1.12. The van der Waals surface area contributed by atoms with Crippen molar-refractivity contribution in [2.24, 2.45) is 11.7 Å². The van der Waals surface area contributed by atoms with Crippen LogP contribution in [0.5, 0.6) is 0 Å². The largest absolute Gasteiger partial charge is 0.411 e. The minimum atomic E-state index is -4.31. The highest BCUT2D eigenvalue weighted by Crippen LogP contribution is 2.16. The van der Waals surface area contributed by atoms with Crippen LogP contribution in [-0.4, -0.2) is 30.6 Å². The summed E-state index contributed by atoms with van der Waals surface area (Å²) in [6.07, 6.45) is -1.81. The number of alkyl halides is 3. The Bertz CT molecular complexity index is 274. The smallest absolute Gasteiger partial charge is 0.365 e. The monoisotopic (exact) mass is 252 g/mol. The van der Waals surface area contributed by atoms with Crippen molar-refractivity contribution in [1.29, 1.82) is 5.41 Å². The highest BCUT2D eigenvalue weighted by atomic mass is 19.4. The molecule has 0 aliphatic rings. The molecule has 3 N–H and O–H groups in total. The molecule has 6 heteroatoms. The van der Waals surface area contributed by atoms with Crippen LogP contribution < -0.4 is 5.73 Å². The fraction of sp³-hybridized carbons (Fsp3) is 0.727. The molecule has 0 heterocycles. The first-order valence-electron chi connectivity index (χ1n) is 5.34. The van der Waals surface area contributed by atoms with E-state index in [1.807, 2.05) is 0 Å². The molecule has 17 heavy (non-hydrogen) atoms. The quantitative estimate of drug-likeness (QED) is 0.563. The molecule has 3 atom stereocenters. The molecule has 0 aromatic carbocycles. The third kappa shape index (κ3) is 7.93. The fourth-order valence-corrected chi connectivity index (χ4v) is 1.12. The molecule has 3 nitrogen and oxygen atoms in total. The third-order valence-corrected chi connectivity index (χ3v) is 2.16. The normalized spacial score (nSPS) is 18.1. The zero-order chi connectivity index (χ0) is 13.6. The number of halogens is 3. The van der Waals surface area contributed by atoms with E-state index in [2.05, 4.69) is 4.74 Å². The standard InChI is InChI=1S/C11H19F3N2O/c1-7(10(16)9(3)15)4-5-8(2)17-6-11(12,13)14/h4-5,7-9,16H,6,15H2,1-3H3. The van der Waals surface area contributed by atoms with E-state index in [1.165, 1.54) is 13.0 Å². The van der Waals surface area contributed by atoms with E-state index in [0.29, 0.717) is 5.71 Å². The molecule has 0 aliphatic carbocycles. The average molecular weight is 252 g/mol. The van der Waals surface area contributed by atoms with Gasteiger partial charge in [-0.25, -0.2) is 0 Å². The van der Waals surface area contributed by atoms with Crippen LogP contribution in [0.3, 0.4) is 0 Å². The molecule has 0 saturated heterocycles. The van der Waals surface area contributed by atoms with Crippen LogP contribution in [0.2, 0.25) is 0 Å². The molecule has 100 valence electrons. The van der Waals surface area contributed by atoms with Gasteiger partial charge in [-0.15, -0.1) is 0 Å². The van der Waals surface area contributed by atoms with Crippen molar-refractivity contribution in [2.45, 2.75) is 39.1 Å². The molecule has 3 unspecified atom stereocenters. The van der Waals surface area contributed by atoms with Gasteiger partial charge in [-0.2, -0.15) is 13.2 Å². The van der Waals surface area contributed by atoms with Crippen molar-refractivity contribution < 1.29 is 17.9 Å². The van der Waals surface area contributed by atoms with Gasteiger partial charge in [-0.05, 0) is 13.8 Å². The Labute approximate surface area is 99.3 Å². The predicted octanol–water partition coefficient (Wildman–Crippen LogP) is 2.51. The van der Waals surface area contributed by atoms with Gasteiger partial charge in [-0.1, -0.05) is 19.1 Å². The number of nitrogens with two attached hydrogens (primary N) is 1. The summed E-state index contributed by atoms with van der Waals surface area (Å²) >= 11 is 0. The van der Waals surface area contributed by atoms with Crippen molar-refractivity contribution in [3.05, 3.63) is 12.2 Å². The van der Waals surface area contributed by atoms with Crippen molar-refractivity contribution in [2.75, 3.05) is 6.61 Å². The minimum Gasteiger partial charge on any atom is -0.365 e. The van der Waals surface area contributed by atoms with E-state index in [1.54, 1.807) is 19.9 Å². The highest BCUT2D eigenvalue weighted by molar-refractivity contribution is 5.89.